The van der Waals surface area contributed by atoms with Gasteiger partial charge in [0.05, 0.1) is 11.9 Å². The Morgan fingerprint density at radius 1 is 1.05 bits per heavy atom. The Morgan fingerprint density at radius 3 is 2.29 bits per heavy atom. The third-order valence-electron chi connectivity index (χ3n) is 7.29. The number of Topliss-reactive ketones (excluding diaryl/α,β-unsaturated/α-hetero) is 1. The maximum atomic E-state index is 14.4. The summed E-state index contributed by atoms with van der Waals surface area (Å²) in [5, 5.41) is 0. The molecule has 0 saturated carbocycles. The monoisotopic (exact) mass is 595 g/mol. The Bertz CT molecular complexity index is 1500. The number of pyridine rings is 1. The summed E-state index contributed by atoms with van der Waals surface area (Å²) in [6.07, 6.45) is -2.32. The number of alkyl halides is 3. The number of carbonyl (C=O) groups is 1. The van der Waals surface area contributed by atoms with E-state index in [2.05, 4.69) is 9.71 Å². The molecule has 4 rings (SSSR count). The molecule has 1 aliphatic rings. The maximum Gasteiger partial charge on any atom is 0.433 e. The number of ketones is 1. The Hall–Kier alpha value is -3.54. The van der Waals surface area contributed by atoms with E-state index in [0.29, 0.717) is 37.1 Å². The zero-order valence-electron chi connectivity index (χ0n) is 22.5. The molecular formula is C29H30F5N3O3S. The van der Waals surface area contributed by atoms with Gasteiger partial charge in [-0.25, -0.2) is 22.2 Å². The second-order valence-corrected chi connectivity index (χ2v) is 12.0. The van der Waals surface area contributed by atoms with Gasteiger partial charge in [0, 0.05) is 25.4 Å². The summed E-state index contributed by atoms with van der Waals surface area (Å²) >= 11 is 0. The Balaban J connectivity index is 1.48. The van der Waals surface area contributed by atoms with Gasteiger partial charge in [0.25, 0.3) is 0 Å². The molecule has 0 aliphatic carbocycles. The molecule has 6 nitrogen and oxygen atoms in total. The second kappa shape index (κ2) is 12.1. The number of benzene rings is 2. The second-order valence-electron chi connectivity index (χ2n) is 10.3. The van der Waals surface area contributed by atoms with Crippen molar-refractivity contribution >= 4 is 27.3 Å². The van der Waals surface area contributed by atoms with E-state index in [1.807, 2.05) is 0 Å². The number of piperidine rings is 1. The number of hydrogen-bond donors (Lipinski definition) is 1. The van der Waals surface area contributed by atoms with Crippen molar-refractivity contribution in [2.75, 3.05) is 29.0 Å². The lowest BCUT2D eigenvalue weighted by Crippen LogP contribution is -2.34. The fraction of sp³-hybridized carbons (Fsp3) is 0.379. The van der Waals surface area contributed by atoms with Gasteiger partial charge in [0.15, 0.2) is 0 Å². The van der Waals surface area contributed by atoms with Crippen molar-refractivity contribution in [1.29, 1.82) is 0 Å². The number of hydrogen-bond acceptors (Lipinski definition) is 5. The van der Waals surface area contributed by atoms with Gasteiger partial charge in [-0.05, 0) is 72.2 Å². The Morgan fingerprint density at radius 2 is 1.71 bits per heavy atom. The summed E-state index contributed by atoms with van der Waals surface area (Å²) < 4.78 is 93.1. The van der Waals surface area contributed by atoms with Crippen molar-refractivity contribution in [1.82, 2.24) is 4.98 Å². The minimum atomic E-state index is -4.63. The first-order valence-corrected chi connectivity index (χ1v) is 15.0. The van der Waals surface area contributed by atoms with Crippen LogP contribution in [0.25, 0.3) is 0 Å². The van der Waals surface area contributed by atoms with E-state index in [1.165, 1.54) is 30.3 Å². The first-order chi connectivity index (χ1) is 19.2. The highest BCUT2D eigenvalue weighted by Crippen LogP contribution is 2.35. The molecule has 3 aromatic rings. The van der Waals surface area contributed by atoms with Gasteiger partial charge in [-0.3, -0.25) is 9.52 Å². The predicted octanol–water partition coefficient (Wildman–Crippen LogP) is 6.44. The summed E-state index contributed by atoms with van der Waals surface area (Å²) in [6.45, 7) is 2.48. The van der Waals surface area contributed by atoms with Gasteiger partial charge >= 0.3 is 6.18 Å². The molecule has 0 radical (unpaired) electrons. The average Bonchev–Trinajstić information content (AvgIpc) is 2.91. The van der Waals surface area contributed by atoms with Crippen molar-refractivity contribution in [2.24, 2.45) is 0 Å². The zero-order chi connectivity index (χ0) is 29.9. The largest absolute Gasteiger partial charge is 0.433 e. The first kappa shape index (κ1) is 30.4. The standard InChI is InChI=1S/C29H30F5N3O3S/c1-18(22-5-10-25(24(31)17-22)36-41(2,39)40)26(38)11-6-21-7-12-27(29(32,33)34)35-28(21)37-15-13-20(14-16-37)19-3-8-23(30)9-4-19/h3-5,7-10,12,17-18,20,36H,6,11,13-16H2,1-2H3. The van der Waals surface area contributed by atoms with Crippen molar-refractivity contribution in [3.05, 3.63) is 88.6 Å². The van der Waals surface area contributed by atoms with Crippen molar-refractivity contribution in [3.8, 4) is 0 Å². The Labute approximate surface area is 235 Å². The van der Waals surface area contributed by atoms with Crippen LogP contribution in [0.3, 0.4) is 0 Å². The lowest BCUT2D eigenvalue weighted by Gasteiger charge is -2.34. The normalized spacial score (nSPS) is 15.5. The van der Waals surface area contributed by atoms with Crippen LogP contribution >= 0.6 is 0 Å². The number of nitrogens with zero attached hydrogens (tertiary/aromatic N) is 2. The SMILES string of the molecule is CC(C(=O)CCc1ccc(C(F)(F)F)nc1N1CCC(c2ccc(F)cc2)CC1)c1ccc(NS(C)(=O)=O)c(F)c1. The van der Waals surface area contributed by atoms with Crippen LogP contribution in [-0.4, -0.2) is 38.5 Å². The molecule has 1 unspecified atom stereocenters. The third-order valence-corrected chi connectivity index (χ3v) is 7.89. The van der Waals surface area contributed by atoms with Crippen LogP contribution in [0.1, 0.15) is 60.4 Å². The molecule has 1 aliphatic heterocycles. The van der Waals surface area contributed by atoms with E-state index in [0.717, 1.165) is 24.0 Å². The van der Waals surface area contributed by atoms with Crippen LogP contribution in [0.4, 0.5) is 33.5 Å². The lowest BCUT2D eigenvalue weighted by molar-refractivity contribution is -0.141. The van der Waals surface area contributed by atoms with Crippen LogP contribution in [0.2, 0.25) is 0 Å². The number of sulfonamides is 1. The molecule has 2 heterocycles. The van der Waals surface area contributed by atoms with E-state index < -0.39 is 33.6 Å². The number of aryl methyl sites for hydroxylation is 1. The van der Waals surface area contributed by atoms with Crippen LogP contribution < -0.4 is 9.62 Å². The van der Waals surface area contributed by atoms with Gasteiger partial charge in [-0.2, -0.15) is 13.2 Å². The van der Waals surface area contributed by atoms with Gasteiger partial charge in [0.2, 0.25) is 10.0 Å². The third kappa shape index (κ3) is 7.81. The fourth-order valence-electron chi connectivity index (χ4n) is 5.01. The van der Waals surface area contributed by atoms with Crippen LogP contribution in [0.15, 0.2) is 54.6 Å². The summed E-state index contributed by atoms with van der Waals surface area (Å²) in [6, 6.07) is 12.3. The first-order valence-electron chi connectivity index (χ1n) is 13.1. The van der Waals surface area contributed by atoms with Crippen molar-refractivity contribution in [3.63, 3.8) is 0 Å². The van der Waals surface area contributed by atoms with Crippen molar-refractivity contribution in [2.45, 2.75) is 50.6 Å². The van der Waals surface area contributed by atoms with E-state index >= 15 is 0 Å². The smallest absolute Gasteiger partial charge is 0.356 e. The fourth-order valence-corrected chi connectivity index (χ4v) is 5.57. The molecule has 1 atom stereocenters. The van der Waals surface area contributed by atoms with E-state index in [9.17, 15) is 35.2 Å². The summed E-state index contributed by atoms with van der Waals surface area (Å²) in [7, 11) is -3.68. The predicted molar refractivity (Wildman–Crippen MR) is 146 cm³/mol. The Kier molecular flexibility index (Phi) is 9.00. The minimum Gasteiger partial charge on any atom is -0.356 e. The molecule has 12 heteroatoms. The highest BCUT2D eigenvalue weighted by molar-refractivity contribution is 7.92. The number of rotatable bonds is 9. The number of halogens is 5. The van der Waals surface area contributed by atoms with Crippen LogP contribution in [-0.2, 0) is 27.4 Å². The van der Waals surface area contributed by atoms with Crippen LogP contribution in [0.5, 0.6) is 0 Å². The van der Waals surface area contributed by atoms with Gasteiger partial charge < -0.3 is 4.90 Å². The number of nitrogens with one attached hydrogen (secondary N) is 1. The van der Waals surface area contributed by atoms with E-state index in [4.69, 9.17) is 0 Å². The molecular weight excluding hydrogens is 565 g/mol. The number of aromatic nitrogens is 1. The molecule has 220 valence electrons. The summed E-state index contributed by atoms with van der Waals surface area (Å²) in [5.74, 6) is -1.82. The van der Waals surface area contributed by atoms with Crippen LogP contribution in [0, 0.1) is 11.6 Å². The van der Waals surface area contributed by atoms with Gasteiger partial charge in [-0.15, -0.1) is 0 Å². The minimum absolute atomic E-state index is 0.0157. The molecule has 2 aromatic carbocycles. The molecule has 1 saturated heterocycles. The van der Waals surface area contributed by atoms with E-state index in [1.54, 1.807) is 24.0 Å². The molecule has 1 fully saturated rings. The summed E-state index contributed by atoms with van der Waals surface area (Å²) in [5.41, 5.74) is 0.562. The maximum absolute atomic E-state index is 14.4. The summed E-state index contributed by atoms with van der Waals surface area (Å²) in [4.78, 5) is 18.7. The lowest BCUT2D eigenvalue weighted by atomic mass is 9.89. The number of carbonyl (C=O) groups excluding carboxylic acids is 1. The van der Waals surface area contributed by atoms with Gasteiger partial charge in [-0.1, -0.05) is 31.2 Å². The molecule has 0 spiro atoms. The molecule has 0 bridgehead atoms. The highest BCUT2D eigenvalue weighted by atomic mass is 32.2. The zero-order valence-corrected chi connectivity index (χ0v) is 23.3. The molecule has 1 aromatic heterocycles. The topological polar surface area (TPSA) is 79.4 Å². The highest BCUT2D eigenvalue weighted by Gasteiger charge is 2.34. The molecule has 41 heavy (non-hydrogen) atoms. The number of anilines is 2. The van der Waals surface area contributed by atoms with E-state index in [-0.39, 0.29) is 41.9 Å². The quantitative estimate of drug-likeness (QED) is 0.288. The molecule has 1 N–H and O–H groups in total. The van der Waals surface area contributed by atoms with Gasteiger partial charge in [0.1, 0.15) is 28.9 Å². The average molecular weight is 596 g/mol. The van der Waals surface area contributed by atoms with Crippen molar-refractivity contribution < 1.29 is 35.2 Å². The molecule has 0 amide bonds.